The van der Waals surface area contributed by atoms with Crippen LogP contribution in [-0.4, -0.2) is 77.4 Å². The van der Waals surface area contributed by atoms with Gasteiger partial charge in [0.25, 0.3) is 5.91 Å². The molecular formula is C28H34N6O3. The van der Waals surface area contributed by atoms with Crippen molar-refractivity contribution in [2.45, 2.75) is 44.4 Å². The van der Waals surface area contributed by atoms with Gasteiger partial charge in [0.05, 0.1) is 12.7 Å². The summed E-state index contributed by atoms with van der Waals surface area (Å²) in [5.74, 6) is 0.583. The summed E-state index contributed by atoms with van der Waals surface area (Å²) >= 11 is 0. The highest BCUT2D eigenvalue weighted by Crippen LogP contribution is 2.26. The van der Waals surface area contributed by atoms with Crippen molar-refractivity contribution in [1.29, 1.82) is 0 Å². The average Bonchev–Trinajstić information content (AvgIpc) is 2.95. The maximum absolute atomic E-state index is 13.4. The van der Waals surface area contributed by atoms with Gasteiger partial charge in [0.2, 0.25) is 0 Å². The van der Waals surface area contributed by atoms with Crippen molar-refractivity contribution in [2.75, 3.05) is 38.7 Å². The molecule has 2 N–H and O–H groups in total. The molecule has 9 heteroatoms. The average molecular weight is 503 g/mol. The van der Waals surface area contributed by atoms with Crippen LogP contribution >= 0.6 is 0 Å². The smallest absolute Gasteiger partial charge is 0.272 e. The van der Waals surface area contributed by atoms with Gasteiger partial charge in [0.15, 0.2) is 0 Å². The van der Waals surface area contributed by atoms with Gasteiger partial charge >= 0.3 is 0 Å². The molecule has 1 aromatic carbocycles. The number of amides is 1. The van der Waals surface area contributed by atoms with Crippen LogP contribution in [0.5, 0.6) is 0 Å². The second-order valence-corrected chi connectivity index (χ2v) is 9.61. The summed E-state index contributed by atoms with van der Waals surface area (Å²) in [6, 6.07) is 12.7. The Morgan fingerprint density at radius 1 is 1.08 bits per heavy atom. The number of carbonyl (C=O) groups is 1. The Morgan fingerprint density at radius 3 is 2.68 bits per heavy atom. The second-order valence-electron chi connectivity index (χ2n) is 9.61. The first-order chi connectivity index (χ1) is 18.1. The molecule has 4 heterocycles. The van der Waals surface area contributed by atoms with Crippen LogP contribution in [0.3, 0.4) is 0 Å². The zero-order valence-corrected chi connectivity index (χ0v) is 21.4. The van der Waals surface area contributed by atoms with E-state index in [1.54, 1.807) is 19.5 Å². The Hall–Kier alpha value is -3.40. The summed E-state index contributed by atoms with van der Waals surface area (Å²) in [5, 5.41) is 7.11. The minimum atomic E-state index is -0.0484. The lowest BCUT2D eigenvalue weighted by Crippen LogP contribution is -2.54. The van der Waals surface area contributed by atoms with E-state index in [0.717, 1.165) is 48.2 Å². The van der Waals surface area contributed by atoms with Gasteiger partial charge < -0.3 is 25.0 Å². The van der Waals surface area contributed by atoms with Crippen LogP contribution in [0.25, 0.3) is 11.1 Å². The van der Waals surface area contributed by atoms with Crippen molar-refractivity contribution in [1.82, 2.24) is 25.2 Å². The van der Waals surface area contributed by atoms with E-state index in [0.29, 0.717) is 43.3 Å². The predicted octanol–water partition coefficient (Wildman–Crippen LogP) is 3.59. The third-order valence-electron chi connectivity index (χ3n) is 7.26. The van der Waals surface area contributed by atoms with Crippen LogP contribution in [0.4, 0.5) is 11.5 Å². The summed E-state index contributed by atoms with van der Waals surface area (Å²) < 4.78 is 11.1. The number of rotatable bonds is 7. The molecule has 0 bridgehead atoms. The fourth-order valence-electron chi connectivity index (χ4n) is 5.09. The maximum atomic E-state index is 13.4. The minimum Gasteiger partial charge on any atom is -0.379 e. The van der Waals surface area contributed by atoms with E-state index in [1.165, 1.54) is 6.33 Å². The SMILES string of the molecule is COC1COCCC1NC1CCN(C(=O)c2ncnc(Nc3cccc(-c4ccncc4)c3)c2C)CC1. The molecule has 0 aliphatic carbocycles. The first kappa shape index (κ1) is 25.3. The van der Waals surface area contributed by atoms with Crippen molar-refractivity contribution < 1.29 is 14.3 Å². The summed E-state index contributed by atoms with van der Waals surface area (Å²) in [5.41, 5.74) is 4.24. The van der Waals surface area contributed by atoms with Crippen molar-refractivity contribution in [3.63, 3.8) is 0 Å². The number of likely N-dealkylation sites (tertiary alicyclic amines) is 1. The molecule has 5 rings (SSSR count). The molecule has 0 radical (unpaired) electrons. The molecule has 2 aromatic heterocycles. The molecule has 0 saturated carbocycles. The molecule has 1 amide bonds. The van der Waals surface area contributed by atoms with Crippen molar-refractivity contribution in [3.05, 3.63) is 66.4 Å². The highest BCUT2D eigenvalue weighted by atomic mass is 16.5. The summed E-state index contributed by atoms with van der Waals surface area (Å²) in [4.78, 5) is 28.2. The number of anilines is 2. The van der Waals surface area contributed by atoms with Crippen LogP contribution < -0.4 is 10.6 Å². The van der Waals surface area contributed by atoms with E-state index in [-0.39, 0.29) is 12.0 Å². The van der Waals surface area contributed by atoms with E-state index < -0.39 is 0 Å². The fourth-order valence-corrected chi connectivity index (χ4v) is 5.09. The summed E-state index contributed by atoms with van der Waals surface area (Å²) in [7, 11) is 1.74. The Morgan fingerprint density at radius 2 is 1.89 bits per heavy atom. The van der Waals surface area contributed by atoms with Gasteiger partial charge in [-0.15, -0.1) is 0 Å². The first-order valence-electron chi connectivity index (χ1n) is 12.9. The summed E-state index contributed by atoms with van der Waals surface area (Å²) in [6.45, 7) is 4.66. The molecule has 2 atom stereocenters. The first-order valence-corrected chi connectivity index (χ1v) is 12.9. The van der Waals surface area contributed by atoms with Gasteiger partial charge in [-0.2, -0.15) is 0 Å². The van der Waals surface area contributed by atoms with E-state index in [9.17, 15) is 4.79 Å². The van der Waals surface area contributed by atoms with Crippen molar-refractivity contribution in [2.24, 2.45) is 0 Å². The van der Waals surface area contributed by atoms with Gasteiger partial charge in [-0.1, -0.05) is 12.1 Å². The third-order valence-corrected chi connectivity index (χ3v) is 7.26. The Bertz CT molecular complexity index is 1200. The van der Waals surface area contributed by atoms with Gasteiger partial charge in [-0.3, -0.25) is 9.78 Å². The standard InChI is InChI=1S/C28H34N6O3/c1-19-26(28(35)34-13-8-22(9-14-34)32-24-10-15-37-17-25(24)36-2)30-18-31-27(19)33-23-5-3-4-21(16-23)20-6-11-29-12-7-20/h3-7,11-12,16,18,22,24-25,32H,8-10,13-15,17H2,1-2H3,(H,30,31,33). The van der Waals surface area contributed by atoms with Crippen LogP contribution in [0, 0.1) is 6.92 Å². The number of nitrogens with zero attached hydrogens (tertiary/aromatic N) is 4. The van der Waals surface area contributed by atoms with Crippen molar-refractivity contribution >= 4 is 17.4 Å². The van der Waals surface area contributed by atoms with Crippen LogP contribution in [0.15, 0.2) is 55.1 Å². The summed E-state index contributed by atoms with van der Waals surface area (Å²) in [6.07, 6.45) is 7.84. The Balaban J connectivity index is 1.22. The lowest BCUT2D eigenvalue weighted by molar-refractivity contribution is -0.0533. The number of aromatic nitrogens is 3. The van der Waals surface area contributed by atoms with E-state index in [4.69, 9.17) is 9.47 Å². The lowest BCUT2D eigenvalue weighted by Gasteiger charge is -2.38. The minimum absolute atomic E-state index is 0.0484. The number of nitrogens with one attached hydrogen (secondary N) is 2. The molecule has 9 nitrogen and oxygen atoms in total. The molecular weight excluding hydrogens is 468 g/mol. The molecule has 2 aliphatic heterocycles. The largest absolute Gasteiger partial charge is 0.379 e. The van der Waals surface area contributed by atoms with Gasteiger partial charge in [0.1, 0.15) is 17.8 Å². The maximum Gasteiger partial charge on any atom is 0.272 e. The molecule has 0 spiro atoms. The normalized spacial score (nSPS) is 20.5. The van der Waals surface area contributed by atoms with Gasteiger partial charge in [0, 0.05) is 62.5 Å². The monoisotopic (exact) mass is 502 g/mol. The van der Waals surface area contributed by atoms with Crippen molar-refractivity contribution in [3.8, 4) is 11.1 Å². The molecule has 2 unspecified atom stereocenters. The Labute approximate surface area is 217 Å². The molecule has 2 saturated heterocycles. The number of ether oxygens (including phenoxy) is 2. The number of carbonyl (C=O) groups excluding carboxylic acids is 1. The van der Waals surface area contributed by atoms with Crippen LogP contribution in [0.2, 0.25) is 0 Å². The highest BCUT2D eigenvalue weighted by Gasteiger charge is 2.31. The molecule has 37 heavy (non-hydrogen) atoms. The Kier molecular flexibility index (Phi) is 8.03. The number of pyridine rings is 1. The molecule has 2 aliphatic rings. The lowest BCUT2D eigenvalue weighted by atomic mass is 9.99. The molecule has 194 valence electrons. The molecule has 3 aromatic rings. The van der Waals surface area contributed by atoms with Gasteiger partial charge in [-0.05, 0) is 61.6 Å². The third kappa shape index (κ3) is 5.95. The number of hydrogen-bond acceptors (Lipinski definition) is 8. The zero-order chi connectivity index (χ0) is 25.6. The van der Waals surface area contributed by atoms with Gasteiger partial charge in [-0.25, -0.2) is 9.97 Å². The van der Waals surface area contributed by atoms with E-state index in [1.807, 2.05) is 36.1 Å². The van der Waals surface area contributed by atoms with E-state index in [2.05, 4.69) is 37.7 Å². The molecule has 2 fully saturated rings. The number of methoxy groups -OCH3 is 1. The van der Waals surface area contributed by atoms with E-state index >= 15 is 0 Å². The quantitative estimate of drug-likeness (QED) is 0.506. The fraction of sp³-hybridized carbons (Fsp3) is 0.429. The number of piperidine rings is 1. The number of benzene rings is 1. The topological polar surface area (TPSA) is 102 Å². The predicted molar refractivity (Wildman–Crippen MR) is 142 cm³/mol. The second kappa shape index (κ2) is 11.8. The zero-order valence-electron chi connectivity index (χ0n) is 21.4. The van der Waals surface area contributed by atoms with Crippen LogP contribution in [0.1, 0.15) is 35.3 Å². The van der Waals surface area contributed by atoms with Crippen LogP contribution in [-0.2, 0) is 9.47 Å². The highest BCUT2D eigenvalue weighted by molar-refractivity contribution is 5.95. The number of hydrogen-bond donors (Lipinski definition) is 2.